The predicted octanol–water partition coefficient (Wildman–Crippen LogP) is 4.14. The molecule has 0 spiro atoms. The largest absolute Gasteiger partial charge is 0.456 e. The van der Waals surface area contributed by atoms with Gasteiger partial charge in [0.15, 0.2) is 0 Å². The van der Waals surface area contributed by atoms with Gasteiger partial charge >= 0.3 is 17.4 Å². The van der Waals surface area contributed by atoms with Crippen molar-refractivity contribution in [1.29, 1.82) is 0 Å². The molecule has 0 amide bonds. The molecule has 2 atom stereocenters. The minimum Gasteiger partial charge on any atom is -0.456 e. The van der Waals surface area contributed by atoms with Gasteiger partial charge in [-0.1, -0.05) is 72.8 Å². The average Bonchev–Trinajstić information content (AvgIpc) is 2.83. The molecule has 2 heterocycles. The van der Waals surface area contributed by atoms with Gasteiger partial charge in [0.2, 0.25) is 0 Å². The smallest absolute Gasteiger partial charge is 0.379 e. The Morgan fingerprint density at radius 3 is 2.38 bits per heavy atom. The molecule has 3 aromatic carbocycles. The third-order valence-electron chi connectivity index (χ3n) is 5.63. The van der Waals surface area contributed by atoms with Crippen LogP contribution >= 0.6 is 0 Å². The summed E-state index contributed by atoms with van der Waals surface area (Å²) in [4.78, 5) is 25.9. The van der Waals surface area contributed by atoms with E-state index in [2.05, 4.69) is 0 Å². The summed E-state index contributed by atoms with van der Waals surface area (Å²) in [6.45, 7) is -0.00806. The first-order chi connectivity index (χ1) is 15.5. The van der Waals surface area contributed by atoms with Crippen molar-refractivity contribution in [3.63, 3.8) is 0 Å². The minimum atomic E-state index is -2.27. The number of aliphatic hydroxyl groups is 1. The zero-order valence-electron chi connectivity index (χ0n) is 17.1. The van der Waals surface area contributed by atoms with Gasteiger partial charge in [0, 0.05) is 12.3 Å². The number of carbonyl (C=O) groups excluding carboxylic acids is 1. The molecule has 6 nitrogen and oxygen atoms in total. The van der Waals surface area contributed by atoms with Crippen molar-refractivity contribution >= 4 is 16.9 Å². The SMILES string of the molecule is O=C(OCc1ccccc1)C1(O)CC(c2ccccc2)c2c(c3ccccc3oc2=O)O1. The lowest BCUT2D eigenvalue weighted by atomic mass is 9.83. The molecule has 0 aliphatic carbocycles. The quantitative estimate of drug-likeness (QED) is 0.388. The lowest BCUT2D eigenvalue weighted by molar-refractivity contribution is -0.207. The highest BCUT2D eigenvalue weighted by molar-refractivity contribution is 5.87. The summed E-state index contributed by atoms with van der Waals surface area (Å²) in [7, 11) is 0. The van der Waals surface area contributed by atoms with Crippen molar-refractivity contribution in [1.82, 2.24) is 0 Å². The van der Waals surface area contributed by atoms with Crippen molar-refractivity contribution in [3.05, 3.63) is 112 Å². The third-order valence-corrected chi connectivity index (χ3v) is 5.63. The van der Waals surface area contributed by atoms with Crippen LogP contribution in [0.4, 0.5) is 0 Å². The van der Waals surface area contributed by atoms with E-state index < -0.39 is 23.3 Å². The molecule has 160 valence electrons. The maximum absolute atomic E-state index is 13.0. The lowest BCUT2D eigenvalue weighted by Crippen LogP contribution is -2.50. The Bertz CT molecular complexity index is 1330. The normalized spacial score (nSPS) is 19.7. The Balaban J connectivity index is 1.59. The summed E-state index contributed by atoms with van der Waals surface area (Å²) >= 11 is 0. The average molecular weight is 428 g/mol. The lowest BCUT2D eigenvalue weighted by Gasteiger charge is -2.36. The van der Waals surface area contributed by atoms with Crippen LogP contribution < -0.4 is 10.4 Å². The number of esters is 1. The fraction of sp³-hybridized carbons (Fsp3) is 0.154. The van der Waals surface area contributed by atoms with Crippen LogP contribution in [0, 0.1) is 0 Å². The fourth-order valence-corrected chi connectivity index (χ4v) is 4.07. The van der Waals surface area contributed by atoms with Crippen molar-refractivity contribution in [2.24, 2.45) is 0 Å². The van der Waals surface area contributed by atoms with E-state index in [1.165, 1.54) is 0 Å². The second-order valence-corrected chi connectivity index (χ2v) is 7.74. The number of rotatable bonds is 4. The van der Waals surface area contributed by atoms with Crippen LogP contribution in [0.2, 0.25) is 0 Å². The van der Waals surface area contributed by atoms with E-state index in [9.17, 15) is 14.7 Å². The van der Waals surface area contributed by atoms with Gasteiger partial charge in [0.05, 0.1) is 10.9 Å². The first-order valence-electron chi connectivity index (χ1n) is 10.3. The van der Waals surface area contributed by atoms with E-state index in [4.69, 9.17) is 13.9 Å². The van der Waals surface area contributed by atoms with Crippen LogP contribution in [0.5, 0.6) is 5.75 Å². The van der Waals surface area contributed by atoms with Crippen LogP contribution in [0.3, 0.4) is 0 Å². The molecule has 1 aromatic heterocycles. The Hall–Kier alpha value is -3.90. The second kappa shape index (κ2) is 7.98. The molecule has 4 aromatic rings. The molecule has 0 bridgehead atoms. The number of benzene rings is 3. The summed E-state index contributed by atoms with van der Waals surface area (Å²) in [6.07, 6.45) is -0.180. The standard InChI is InChI=1S/C26H20O6/c27-24-22-20(18-11-5-2-6-12-18)15-26(29,25(28)30-16-17-9-3-1-4-10-17)32-23(22)19-13-7-8-14-21(19)31-24/h1-14,20,29H,15-16H2. The minimum absolute atomic E-state index is 0.00806. The molecule has 2 unspecified atom stereocenters. The zero-order chi connectivity index (χ0) is 22.1. The molecule has 1 N–H and O–H groups in total. The van der Waals surface area contributed by atoms with Crippen molar-refractivity contribution < 1.29 is 23.8 Å². The first-order valence-corrected chi connectivity index (χ1v) is 10.3. The summed E-state index contributed by atoms with van der Waals surface area (Å²) in [5.74, 6) is -3.66. The van der Waals surface area contributed by atoms with Gasteiger partial charge in [-0.15, -0.1) is 0 Å². The highest BCUT2D eigenvalue weighted by Gasteiger charge is 2.49. The monoisotopic (exact) mass is 428 g/mol. The van der Waals surface area contributed by atoms with Crippen molar-refractivity contribution in [2.75, 3.05) is 0 Å². The summed E-state index contributed by atoms with van der Waals surface area (Å²) in [5.41, 5.74) is 1.56. The van der Waals surface area contributed by atoms with E-state index >= 15 is 0 Å². The van der Waals surface area contributed by atoms with Crippen LogP contribution in [-0.2, 0) is 16.1 Å². The maximum atomic E-state index is 13.0. The number of carbonyl (C=O) groups is 1. The van der Waals surface area contributed by atoms with Gasteiger partial charge in [0.25, 0.3) is 0 Å². The molecule has 0 radical (unpaired) electrons. The van der Waals surface area contributed by atoms with Gasteiger partial charge in [-0.05, 0) is 23.3 Å². The molecular weight excluding hydrogens is 408 g/mol. The van der Waals surface area contributed by atoms with Crippen LogP contribution in [0.1, 0.15) is 29.0 Å². The molecular formula is C26H20O6. The highest BCUT2D eigenvalue weighted by atomic mass is 16.7. The third kappa shape index (κ3) is 3.55. The topological polar surface area (TPSA) is 86.0 Å². The van der Waals surface area contributed by atoms with Gasteiger partial charge in [0.1, 0.15) is 17.9 Å². The molecule has 0 saturated heterocycles. The van der Waals surface area contributed by atoms with Gasteiger partial charge in [-0.3, -0.25) is 0 Å². The van der Waals surface area contributed by atoms with E-state index in [-0.39, 0.29) is 24.3 Å². The molecule has 0 saturated carbocycles. The predicted molar refractivity (Wildman–Crippen MR) is 117 cm³/mol. The molecule has 32 heavy (non-hydrogen) atoms. The van der Waals surface area contributed by atoms with Gasteiger partial charge < -0.3 is 19.0 Å². The van der Waals surface area contributed by atoms with E-state index in [1.54, 1.807) is 24.3 Å². The highest BCUT2D eigenvalue weighted by Crippen LogP contribution is 2.45. The molecule has 0 fully saturated rings. The summed E-state index contributed by atoms with van der Waals surface area (Å²) < 4.78 is 16.7. The van der Waals surface area contributed by atoms with Crippen LogP contribution in [-0.4, -0.2) is 16.9 Å². The van der Waals surface area contributed by atoms with Gasteiger partial charge in [-0.2, -0.15) is 0 Å². The van der Waals surface area contributed by atoms with E-state index in [0.717, 1.165) is 11.1 Å². The Kier molecular flexibility index (Phi) is 4.99. The van der Waals surface area contributed by atoms with Crippen LogP contribution in [0.15, 0.2) is 94.1 Å². The number of ether oxygens (including phenoxy) is 2. The Morgan fingerprint density at radius 2 is 1.62 bits per heavy atom. The molecule has 1 aliphatic rings. The zero-order valence-corrected chi connectivity index (χ0v) is 17.1. The number of hydrogen-bond donors (Lipinski definition) is 1. The number of para-hydroxylation sites is 1. The Labute approximate surface area is 183 Å². The second-order valence-electron chi connectivity index (χ2n) is 7.74. The summed E-state index contributed by atoms with van der Waals surface area (Å²) in [5, 5.41) is 11.8. The molecule has 1 aliphatic heterocycles. The van der Waals surface area contributed by atoms with Crippen LogP contribution in [0.25, 0.3) is 11.0 Å². The maximum Gasteiger partial charge on any atom is 0.379 e. The Morgan fingerprint density at radius 1 is 0.969 bits per heavy atom. The van der Waals surface area contributed by atoms with E-state index in [1.807, 2.05) is 60.7 Å². The van der Waals surface area contributed by atoms with Gasteiger partial charge in [-0.25, -0.2) is 9.59 Å². The molecule has 6 heteroatoms. The van der Waals surface area contributed by atoms with E-state index in [0.29, 0.717) is 11.0 Å². The number of fused-ring (bicyclic) bond motifs is 3. The fourth-order valence-electron chi connectivity index (χ4n) is 4.07. The summed E-state index contributed by atoms with van der Waals surface area (Å²) in [6, 6.07) is 25.2. The first kappa shape index (κ1) is 20.0. The molecule has 5 rings (SSSR count). The van der Waals surface area contributed by atoms with Crippen molar-refractivity contribution in [3.8, 4) is 5.75 Å². The number of hydrogen-bond acceptors (Lipinski definition) is 6. The van der Waals surface area contributed by atoms with Crippen molar-refractivity contribution in [2.45, 2.75) is 24.7 Å².